The quantitative estimate of drug-likeness (QED) is 0.333. The highest BCUT2D eigenvalue weighted by molar-refractivity contribution is 9.09. The third-order valence-corrected chi connectivity index (χ3v) is 8.16. The van der Waals surface area contributed by atoms with E-state index in [1.807, 2.05) is 27.7 Å². The molecule has 2 amide bonds. The Bertz CT molecular complexity index is 840. The van der Waals surface area contributed by atoms with Gasteiger partial charge in [-0.2, -0.15) is 0 Å². The van der Waals surface area contributed by atoms with E-state index in [1.54, 1.807) is 6.92 Å². The third kappa shape index (κ3) is 5.28. The van der Waals surface area contributed by atoms with Gasteiger partial charge in [-0.1, -0.05) is 50.5 Å². The summed E-state index contributed by atoms with van der Waals surface area (Å²) in [5.41, 5.74) is -1.71. The molecule has 0 saturated carbocycles. The number of likely N-dealkylation sites (tertiary alicyclic amines) is 1. The minimum absolute atomic E-state index is 0.0215. The molecule has 3 saturated heterocycles. The van der Waals surface area contributed by atoms with Gasteiger partial charge in [0.15, 0.2) is 0 Å². The lowest BCUT2D eigenvalue weighted by Crippen LogP contribution is -2.61. The topological polar surface area (TPSA) is 105 Å². The Labute approximate surface area is 218 Å². The van der Waals surface area contributed by atoms with Crippen LogP contribution in [0.15, 0.2) is 0 Å². The van der Waals surface area contributed by atoms with Gasteiger partial charge >= 0.3 is 5.97 Å². The highest BCUT2D eigenvalue weighted by Crippen LogP contribution is 2.60. The van der Waals surface area contributed by atoms with Gasteiger partial charge in [0, 0.05) is 10.4 Å². The number of alkyl halides is 1. The molecule has 3 unspecified atom stereocenters. The minimum atomic E-state index is -1.15. The van der Waals surface area contributed by atoms with E-state index >= 15 is 0 Å². The van der Waals surface area contributed by atoms with Gasteiger partial charge in [-0.25, -0.2) is 0 Å². The summed E-state index contributed by atoms with van der Waals surface area (Å²) in [6, 6.07) is -1.50. The maximum Gasteiger partial charge on any atom is 0.312 e. The summed E-state index contributed by atoms with van der Waals surface area (Å²) in [6.45, 7) is 16.0. The monoisotopic (exact) mass is 558 g/mol. The summed E-state index contributed by atoms with van der Waals surface area (Å²) in [4.78, 5) is 42.4. The molecule has 0 aromatic rings. The van der Waals surface area contributed by atoms with Crippen molar-refractivity contribution in [1.29, 1.82) is 0 Å². The summed E-state index contributed by atoms with van der Waals surface area (Å²) in [6.07, 6.45) is 1.15. The smallest absolute Gasteiger partial charge is 0.312 e. The Kier molecular flexibility index (Phi) is 8.06. The average molecular weight is 560 g/mol. The molecule has 0 aromatic heterocycles. The van der Waals surface area contributed by atoms with Crippen LogP contribution in [0.2, 0.25) is 0 Å². The zero-order chi connectivity index (χ0) is 26.5. The number of aliphatic hydroxyl groups is 1. The van der Waals surface area contributed by atoms with Crippen molar-refractivity contribution in [2.45, 2.75) is 109 Å². The molecule has 0 radical (unpaired) electrons. The zero-order valence-electron chi connectivity index (χ0n) is 22.4. The number of hydrogen-bond donors (Lipinski definition) is 2. The second-order valence-corrected chi connectivity index (χ2v) is 13.9. The first-order valence-electron chi connectivity index (χ1n) is 12.8. The molecule has 3 aliphatic heterocycles. The molecule has 3 rings (SSSR count). The zero-order valence-corrected chi connectivity index (χ0v) is 24.0. The van der Waals surface area contributed by atoms with Crippen molar-refractivity contribution in [3.05, 3.63) is 0 Å². The van der Waals surface area contributed by atoms with E-state index in [0.717, 1.165) is 6.42 Å². The molecule has 9 heteroatoms. The molecule has 2 bridgehead atoms. The Morgan fingerprint density at radius 1 is 1.29 bits per heavy atom. The number of carbonyl (C=O) groups is 3. The number of nitrogens with one attached hydrogen (secondary N) is 1. The van der Waals surface area contributed by atoms with Crippen LogP contribution in [0.4, 0.5) is 0 Å². The molecule has 3 heterocycles. The second-order valence-electron chi connectivity index (χ2n) is 12.7. The van der Waals surface area contributed by atoms with Crippen LogP contribution in [0, 0.1) is 23.2 Å². The van der Waals surface area contributed by atoms with Gasteiger partial charge in [-0.05, 0) is 51.4 Å². The summed E-state index contributed by atoms with van der Waals surface area (Å²) in [7, 11) is 0. The Morgan fingerprint density at radius 2 is 1.91 bits per heavy atom. The molecule has 35 heavy (non-hydrogen) atoms. The van der Waals surface area contributed by atoms with E-state index in [4.69, 9.17) is 9.47 Å². The number of aliphatic hydroxyl groups excluding tert-OH is 1. The lowest BCUT2D eigenvalue weighted by Gasteiger charge is -2.40. The van der Waals surface area contributed by atoms with Crippen molar-refractivity contribution in [3.8, 4) is 0 Å². The predicted molar refractivity (Wildman–Crippen MR) is 136 cm³/mol. The van der Waals surface area contributed by atoms with Gasteiger partial charge in [0.1, 0.15) is 11.6 Å². The number of nitrogens with zero attached hydrogens (tertiary/aromatic N) is 1. The molecule has 0 aliphatic carbocycles. The Balaban J connectivity index is 2.06. The van der Waals surface area contributed by atoms with Gasteiger partial charge in [0.2, 0.25) is 11.8 Å². The van der Waals surface area contributed by atoms with E-state index < -0.39 is 47.1 Å². The molecule has 2 N–H and O–H groups in total. The van der Waals surface area contributed by atoms with E-state index in [9.17, 15) is 19.5 Å². The summed E-state index contributed by atoms with van der Waals surface area (Å²) >= 11 is 3.65. The fourth-order valence-electron chi connectivity index (χ4n) is 6.86. The van der Waals surface area contributed by atoms with Gasteiger partial charge < -0.3 is 24.8 Å². The predicted octanol–water partition coefficient (Wildman–Crippen LogP) is 3.04. The van der Waals surface area contributed by atoms with Crippen molar-refractivity contribution in [2.24, 2.45) is 23.2 Å². The Morgan fingerprint density at radius 3 is 2.43 bits per heavy atom. The van der Waals surface area contributed by atoms with Crippen LogP contribution in [-0.2, 0) is 23.9 Å². The average Bonchev–Trinajstić information content (AvgIpc) is 3.27. The minimum Gasteiger partial charge on any atom is -0.466 e. The maximum absolute atomic E-state index is 14.0. The highest BCUT2D eigenvalue weighted by Gasteiger charge is 2.77. The van der Waals surface area contributed by atoms with Gasteiger partial charge in [-0.15, -0.1) is 0 Å². The summed E-state index contributed by atoms with van der Waals surface area (Å²) in [5.74, 6) is -2.49. The fraction of sp³-hybridized carbons (Fsp3) is 0.885. The number of halogens is 1. The van der Waals surface area contributed by atoms with Crippen LogP contribution >= 0.6 is 15.9 Å². The van der Waals surface area contributed by atoms with E-state index in [1.165, 1.54) is 4.90 Å². The van der Waals surface area contributed by atoms with Gasteiger partial charge in [0.25, 0.3) is 0 Å². The van der Waals surface area contributed by atoms with Crippen molar-refractivity contribution in [2.75, 3.05) is 13.2 Å². The number of hydrogen-bond acceptors (Lipinski definition) is 6. The van der Waals surface area contributed by atoms with Crippen LogP contribution in [-0.4, -0.2) is 75.2 Å². The number of ether oxygens (including phenoxy) is 2. The lowest BCUT2D eigenvalue weighted by molar-refractivity contribution is -0.155. The van der Waals surface area contributed by atoms with Crippen molar-refractivity contribution >= 4 is 33.7 Å². The van der Waals surface area contributed by atoms with Crippen molar-refractivity contribution in [1.82, 2.24) is 10.2 Å². The molecule has 0 aromatic carbocycles. The van der Waals surface area contributed by atoms with Crippen LogP contribution < -0.4 is 5.32 Å². The number of carbonyl (C=O) groups excluding carboxylic acids is 3. The SMILES string of the molecule is CCOC(=O)[C@H]1[C@@H]2OC3(CC2Br)C(C(=O)NC(C)(C)CC(C)(C)C)N([C@@H](CO)CC(C)C)C(=O)[C@H]13. The molecule has 3 aliphatic rings. The molecule has 8 nitrogen and oxygen atoms in total. The molecular weight excluding hydrogens is 516 g/mol. The summed E-state index contributed by atoms with van der Waals surface area (Å²) < 4.78 is 11.8. The van der Waals surface area contributed by atoms with Gasteiger partial charge in [-0.3, -0.25) is 14.4 Å². The molecule has 3 fully saturated rings. The van der Waals surface area contributed by atoms with Crippen LogP contribution in [0.1, 0.15) is 74.7 Å². The lowest BCUT2D eigenvalue weighted by atomic mass is 9.70. The van der Waals surface area contributed by atoms with E-state index in [-0.39, 0.29) is 41.2 Å². The molecule has 7 atom stereocenters. The van der Waals surface area contributed by atoms with E-state index in [0.29, 0.717) is 12.8 Å². The van der Waals surface area contributed by atoms with Crippen molar-refractivity contribution < 1.29 is 29.0 Å². The van der Waals surface area contributed by atoms with Crippen LogP contribution in [0.3, 0.4) is 0 Å². The first-order chi connectivity index (χ1) is 16.1. The number of rotatable bonds is 9. The second kappa shape index (κ2) is 9.93. The highest BCUT2D eigenvalue weighted by atomic mass is 79.9. The van der Waals surface area contributed by atoms with E-state index in [2.05, 4.69) is 42.0 Å². The Hall–Kier alpha value is -1.19. The summed E-state index contributed by atoms with van der Waals surface area (Å²) in [5, 5.41) is 13.5. The molecule has 200 valence electrons. The standard InChI is InChI=1S/C26H43BrN2O6/c1-9-34-23(33)17-18-22(32)29(15(12-30)10-14(2)3)20(26(18)11-16(27)19(17)35-26)21(31)28-25(7,8)13-24(4,5)6/h14-20,30H,9-13H2,1-8H3,(H,28,31)/t15-,16?,17-,18+,19-,20?,26?/m1/s1. The van der Waals surface area contributed by atoms with Gasteiger partial charge in [0.05, 0.1) is 37.2 Å². The van der Waals surface area contributed by atoms with Crippen LogP contribution in [0.5, 0.6) is 0 Å². The number of esters is 1. The number of fused-ring (bicyclic) bond motifs is 1. The third-order valence-electron chi connectivity index (χ3n) is 7.32. The number of amides is 2. The molecule has 1 spiro atoms. The first kappa shape index (κ1) is 28.4. The first-order valence-corrected chi connectivity index (χ1v) is 13.7. The maximum atomic E-state index is 14.0. The normalized spacial score (nSPS) is 33.3. The largest absolute Gasteiger partial charge is 0.466 e. The molecular formula is C26H43BrN2O6. The van der Waals surface area contributed by atoms with Crippen molar-refractivity contribution in [3.63, 3.8) is 0 Å². The fourth-order valence-corrected chi connectivity index (χ4v) is 7.80. The van der Waals surface area contributed by atoms with Crippen LogP contribution in [0.25, 0.3) is 0 Å².